The van der Waals surface area contributed by atoms with Gasteiger partial charge in [-0.25, -0.2) is 4.98 Å². The van der Waals surface area contributed by atoms with Gasteiger partial charge in [0.05, 0.1) is 19.8 Å². The van der Waals surface area contributed by atoms with E-state index in [1.54, 1.807) is 19.5 Å². The summed E-state index contributed by atoms with van der Waals surface area (Å²) in [5, 5.41) is 9.56. The van der Waals surface area contributed by atoms with Crippen molar-refractivity contribution in [2.24, 2.45) is 0 Å². The topological polar surface area (TPSA) is 102 Å². The first-order chi connectivity index (χ1) is 10.3. The van der Waals surface area contributed by atoms with Crippen LogP contribution in [-0.2, 0) is 20.8 Å². The Kier molecular flexibility index (Phi) is 5.80. The minimum atomic E-state index is -0.215. The maximum absolute atomic E-state index is 11.5. The molecule has 8 nitrogen and oxygen atoms in total. The van der Waals surface area contributed by atoms with E-state index in [0.717, 1.165) is 5.56 Å². The first kappa shape index (κ1) is 15.1. The third kappa shape index (κ3) is 4.93. The second kappa shape index (κ2) is 8.08. The Morgan fingerprint density at radius 2 is 2.14 bits per heavy atom. The first-order valence-electron chi connectivity index (χ1n) is 6.44. The number of pyridine rings is 1. The van der Waals surface area contributed by atoms with Crippen molar-refractivity contribution in [3.8, 4) is 11.4 Å². The molecule has 0 saturated carbocycles. The quantitative estimate of drug-likeness (QED) is 0.671. The standard InChI is InChI=1S/C13H17N5O3/c1-20-6-7-21-9-12(19)15-8-11-16-13(18-17-11)10-2-4-14-5-3-10/h2-5H,6-9H2,1H3,(H,15,19)(H,16,17,18). The van der Waals surface area contributed by atoms with E-state index in [1.807, 2.05) is 12.1 Å². The average Bonchev–Trinajstić information content (AvgIpc) is 2.99. The highest BCUT2D eigenvalue weighted by Crippen LogP contribution is 2.11. The monoisotopic (exact) mass is 291 g/mol. The molecule has 0 aliphatic rings. The number of rotatable bonds is 8. The number of carbonyl (C=O) groups excluding carboxylic acids is 1. The van der Waals surface area contributed by atoms with Gasteiger partial charge < -0.3 is 14.8 Å². The lowest BCUT2D eigenvalue weighted by Crippen LogP contribution is -2.28. The van der Waals surface area contributed by atoms with Crippen LogP contribution >= 0.6 is 0 Å². The minimum absolute atomic E-state index is 0.00525. The van der Waals surface area contributed by atoms with Gasteiger partial charge in [-0.1, -0.05) is 0 Å². The second-order valence-corrected chi connectivity index (χ2v) is 4.16. The number of nitrogens with zero attached hydrogens (tertiary/aromatic N) is 3. The summed E-state index contributed by atoms with van der Waals surface area (Å²) < 4.78 is 9.92. The summed E-state index contributed by atoms with van der Waals surface area (Å²) >= 11 is 0. The van der Waals surface area contributed by atoms with Crippen molar-refractivity contribution in [2.75, 3.05) is 26.9 Å². The molecule has 0 aliphatic heterocycles. The summed E-state index contributed by atoms with van der Waals surface area (Å²) in [6, 6.07) is 3.63. The van der Waals surface area contributed by atoms with Crippen LogP contribution in [0.25, 0.3) is 11.4 Å². The molecule has 0 aliphatic carbocycles. The predicted molar refractivity (Wildman–Crippen MR) is 74.2 cm³/mol. The summed E-state index contributed by atoms with van der Waals surface area (Å²) in [5.74, 6) is 0.929. The number of nitrogens with one attached hydrogen (secondary N) is 2. The molecular formula is C13H17N5O3. The minimum Gasteiger partial charge on any atom is -0.382 e. The summed E-state index contributed by atoms with van der Waals surface area (Å²) in [7, 11) is 1.58. The number of hydrogen-bond acceptors (Lipinski definition) is 6. The van der Waals surface area contributed by atoms with E-state index in [-0.39, 0.29) is 19.1 Å². The van der Waals surface area contributed by atoms with E-state index in [1.165, 1.54) is 0 Å². The molecule has 2 aromatic heterocycles. The molecule has 1 amide bonds. The molecule has 2 rings (SSSR count). The van der Waals surface area contributed by atoms with Gasteiger partial charge in [-0.05, 0) is 12.1 Å². The fourth-order valence-electron chi connectivity index (χ4n) is 1.54. The molecule has 21 heavy (non-hydrogen) atoms. The molecule has 0 unspecified atom stereocenters. The van der Waals surface area contributed by atoms with Gasteiger partial charge in [0.1, 0.15) is 12.4 Å². The van der Waals surface area contributed by atoms with Gasteiger partial charge in [0.15, 0.2) is 5.82 Å². The molecule has 8 heteroatoms. The van der Waals surface area contributed by atoms with Crippen LogP contribution < -0.4 is 5.32 Å². The Morgan fingerprint density at radius 3 is 2.90 bits per heavy atom. The zero-order valence-corrected chi connectivity index (χ0v) is 11.7. The SMILES string of the molecule is COCCOCC(=O)NCc1nc(-c2ccncc2)n[nH]1. The van der Waals surface area contributed by atoms with Gasteiger partial charge >= 0.3 is 0 Å². The highest BCUT2D eigenvalue weighted by Gasteiger charge is 2.07. The van der Waals surface area contributed by atoms with E-state index in [4.69, 9.17) is 9.47 Å². The van der Waals surface area contributed by atoms with Crippen LogP contribution in [0.15, 0.2) is 24.5 Å². The fourth-order valence-corrected chi connectivity index (χ4v) is 1.54. The molecule has 0 saturated heterocycles. The van der Waals surface area contributed by atoms with Crippen molar-refractivity contribution in [3.05, 3.63) is 30.4 Å². The number of aromatic amines is 1. The van der Waals surface area contributed by atoms with Crippen LogP contribution in [0.3, 0.4) is 0 Å². The maximum Gasteiger partial charge on any atom is 0.246 e. The van der Waals surface area contributed by atoms with E-state index in [0.29, 0.717) is 24.9 Å². The van der Waals surface area contributed by atoms with Crippen LogP contribution in [0.4, 0.5) is 0 Å². The highest BCUT2D eigenvalue weighted by molar-refractivity contribution is 5.77. The molecule has 0 atom stereocenters. The summed E-state index contributed by atoms with van der Waals surface area (Å²) in [4.78, 5) is 19.7. The van der Waals surface area contributed by atoms with Crippen molar-refractivity contribution < 1.29 is 14.3 Å². The molecule has 0 aromatic carbocycles. The summed E-state index contributed by atoms with van der Waals surface area (Å²) in [6.07, 6.45) is 3.34. The largest absolute Gasteiger partial charge is 0.382 e. The Morgan fingerprint density at radius 1 is 1.33 bits per heavy atom. The van der Waals surface area contributed by atoms with Crippen LogP contribution in [-0.4, -0.2) is 53.0 Å². The van der Waals surface area contributed by atoms with Gasteiger partial charge in [-0.2, -0.15) is 5.10 Å². The number of methoxy groups -OCH3 is 1. The summed E-state index contributed by atoms with van der Waals surface area (Å²) in [5.41, 5.74) is 0.863. The van der Waals surface area contributed by atoms with Crippen molar-refractivity contribution in [1.29, 1.82) is 0 Å². The molecular weight excluding hydrogens is 274 g/mol. The molecule has 2 N–H and O–H groups in total. The number of hydrogen-bond donors (Lipinski definition) is 2. The van der Waals surface area contributed by atoms with Crippen LogP contribution in [0.1, 0.15) is 5.82 Å². The Labute approximate surface area is 121 Å². The average molecular weight is 291 g/mol. The van der Waals surface area contributed by atoms with Crippen LogP contribution in [0, 0.1) is 0 Å². The fraction of sp³-hybridized carbons (Fsp3) is 0.385. The Bertz CT molecular complexity index is 558. The van der Waals surface area contributed by atoms with Gasteiger partial charge in [-0.15, -0.1) is 0 Å². The number of H-pyrrole nitrogens is 1. The van der Waals surface area contributed by atoms with E-state index < -0.39 is 0 Å². The van der Waals surface area contributed by atoms with Gasteiger partial charge in [0.2, 0.25) is 5.91 Å². The second-order valence-electron chi connectivity index (χ2n) is 4.16. The lowest BCUT2D eigenvalue weighted by atomic mass is 10.2. The molecule has 0 radical (unpaired) electrons. The maximum atomic E-state index is 11.5. The van der Waals surface area contributed by atoms with Gasteiger partial charge in [0, 0.05) is 25.1 Å². The zero-order chi connectivity index (χ0) is 14.9. The molecule has 2 heterocycles. The zero-order valence-electron chi connectivity index (χ0n) is 11.7. The lowest BCUT2D eigenvalue weighted by Gasteiger charge is -2.04. The normalized spacial score (nSPS) is 10.5. The third-order valence-electron chi connectivity index (χ3n) is 2.59. The predicted octanol–water partition coefficient (Wildman–Crippen LogP) is 0.146. The number of amides is 1. The molecule has 0 spiro atoms. The number of carbonyl (C=O) groups is 1. The van der Waals surface area contributed by atoms with Crippen molar-refractivity contribution in [3.63, 3.8) is 0 Å². The van der Waals surface area contributed by atoms with Crippen LogP contribution in [0.5, 0.6) is 0 Å². The molecule has 0 fully saturated rings. The molecule has 0 bridgehead atoms. The van der Waals surface area contributed by atoms with Gasteiger partial charge in [0.25, 0.3) is 0 Å². The Balaban J connectivity index is 1.77. The number of ether oxygens (including phenoxy) is 2. The lowest BCUT2D eigenvalue weighted by molar-refractivity contribution is -0.126. The summed E-state index contributed by atoms with van der Waals surface area (Å²) in [6.45, 7) is 1.11. The first-order valence-corrected chi connectivity index (χ1v) is 6.44. The molecule has 112 valence electrons. The van der Waals surface area contributed by atoms with E-state index in [2.05, 4.69) is 25.5 Å². The number of aromatic nitrogens is 4. The van der Waals surface area contributed by atoms with E-state index >= 15 is 0 Å². The van der Waals surface area contributed by atoms with Gasteiger partial charge in [-0.3, -0.25) is 14.9 Å². The van der Waals surface area contributed by atoms with Crippen molar-refractivity contribution in [2.45, 2.75) is 6.54 Å². The van der Waals surface area contributed by atoms with E-state index in [9.17, 15) is 4.79 Å². The Hall–Kier alpha value is -2.32. The van der Waals surface area contributed by atoms with Crippen molar-refractivity contribution in [1.82, 2.24) is 25.5 Å². The third-order valence-corrected chi connectivity index (χ3v) is 2.59. The smallest absolute Gasteiger partial charge is 0.246 e. The van der Waals surface area contributed by atoms with Crippen LogP contribution in [0.2, 0.25) is 0 Å². The van der Waals surface area contributed by atoms with Crippen molar-refractivity contribution >= 4 is 5.91 Å². The molecule has 2 aromatic rings. The highest BCUT2D eigenvalue weighted by atomic mass is 16.5.